The van der Waals surface area contributed by atoms with Gasteiger partial charge in [-0.2, -0.15) is 0 Å². The first-order valence-electron chi connectivity index (χ1n) is 6.23. The van der Waals surface area contributed by atoms with Crippen LogP contribution in [0.15, 0.2) is 24.3 Å². The van der Waals surface area contributed by atoms with Gasteiger partial charge in [-0.05, 0) is 45.0 Å². The van der Waals surface area contributed by atoms with E-state index < -0.39 is 0 Å². The van der Waals surface area contributed by atoms with Crippen molar-refractivity contribution in [2.45, 2.75) is 32.7 Å². The molecule has 0 saturated heterocycles. The molecule has 4 N–H and O–H groups in total. The Morgan fingerprint density at radius 3 is 2.26 bits per heavy atom. The summed E-state index contributed by atoms with van der Waals surface area (Å²) in [6.45, 7) is 6.05. The number of anilines is 1. The van der Waals surface area contributed by atoms with E-state index in [9.17, 15) is 9.59 Å². The van der Waals surface area contributed by atoms with Crippen LogP contribution in [0, 0.1) is 0 Å². The minimum atomic E-state index is -0.252. The first-order chi connectivity index (χ1) is 8.78. The van der Waals surface area contributed by atoms with E-state index in [0.29, 0.717) is 17.8 Å². The standard InChI is InChI=1S/C14H21N3O2/c1-14(2,3)17-12(18)8-9-16-13(19)10-4-6-11(15)7-5-10/h4-7H,8-9,15H2,1-3H3,(H,16,19)(H,17,18). The topological polar surface area (TPSA) is 84.2 Å². The number of carbonyl (C=O) groups is 2. The van der Waals surface area contributed by atoms with Crippen LogP contribution in [0.25, 0.3) is 0 Å². The van der Waals surface area contributed by atoms with Gasteiger partial charge in [0.2, 0.25) is 5.91 Å². The van der Waals surface area contributed by atoms with Crippen molar-refractivity contribution in [2.24, 2.45) is 0 Å². The molecule has 0 unspecified atom stereocenters. The molecule has 5 nitrogen and oxygen atoms in total. The Hall–Kier alpha value is -2.04. The summed E-state index contributed by atoms with van der Waals surface area (Å²) in [4.78, 5) is 23.3. The highest BCUT2D eigenvalue weighted by Crippen LogP contribution is 2.05. The lowest BCUT2D eigenvalue weighted by Crippen LogP contribution is -2.41. The Bertz CT molecular complexity index is 447. The van der Waals surface area contributed by atoms with Gasteiger partial charge in [0, 0.05) is 29.8 Å². The second kappa shape index (κ2) is 6.22. The number of amides is 2. The maximum atomic E-state index is 11.7. The molecule has 0 spiro atoms. The van der Waals surface area contributed by atoms with Crippen LogP contribution in [0.4, 0.5) is 5.69 Å². The second-order valence-electron chi connectivity index (χ2n) is 5.43. The van der Waals surface area contributed by atoms with Gasteiger partial charge < -0.3 is 16.4 Å². The molecule has 0 heterocycles. The molecule has 1 aromatic carbocycles. The zero-order valence-corrected chi connectivity index (χ0v) is 11.6. The Morgan fingerprint density at radius 2 is 1.74 bits per heavy atom. The quantitative estimate of drug-likeness (QED) is 0.716. The van der Waals surface area contributed by atoms with Crippen LogP contribution in [0.1, 0.15) is 37.6 Å². The predicted octanol–water partition coefficient (Wildman–Crippen LogP) is 1.30. The molecule has 0 atom stereocenters. The van der Waals surface area contributed by atoms with Crippen LogP contribution in [0.2, 0.25) is 0 Å². The molecule has 1 aromatic rings. The molecule has 0 saturated carbocycles. The fourth-order valence-electron chi connectivity index (χ4n) is 1.51. The van der Waals surface area contributed by atoms with Gasteiger partial charge in [0.1, 0.15) is 0 Å². The van der Waals surface area contributed by atoms with Gasteiger partial charge in [0.15, 0.2) is 0 Å². The highest BCUT2D eigenvalue weighted by atomic mass is 16.2. The number of nitrogen functional groups attached to an aromatic ring is 1. The summed E-state index contributed by atoms with van der Waals surface area (Å²) in [5.74, 6) is -0.284. The number of carbonyl (C=O) groups excluding carboxylic acids is 2. The molecule has 0 aliphatic heterocycles. The zero-order chi connectivity index (χ0) is 14.5. The van der Waals surface area contributed by atoms with Crippen molar-refractivity contribution in [3.63, 3.8) is 0 Å². The molecule has 0 fully saturated rings. The van der Waals surface area contributed by atoms with E-state index in [0.717, 1.165) is 0 Å². The number of hydrogen-bond donors (Lipinski definition) is 3. The molecular formula is C14H21N3O2. The van der Waals surface area contributed by atoms with Crippen LogP contribution in [-0.4, -0.2) is 23.9 Å². The maximum Gasteiger partial charge on any atom is 0.251 e. The lowest BCUT2D eigenvalue weighted by Gasteiger charge is -2.20. The summed E-state index contributed by atoms with van der Waals surface area (Å²) in [7, 11) is 0. The van der Waals surface area contributed by atoms with Crippen LogP contribution in [0.3, 0.4) is 0 Å². The van der Waals surface area contributed by atoms with Crippen molar-refractivity contribution in [3.8, 4) is 0 Å². The van der Waals surface area contributed by atoms with Gasteiger partial charge in [0.25, 0.3) is 5.91 Å². The first kappa shape index (κ1) is 15.0. The van der Waals surface area contributed by atoms with Crippen molar-refractivity contribution in [1.29, 1.82) is 0 Å². The van der Waals surface area contributed by atoms with Crippen molar-refractivity contribution >= 4 is 17.5 Å². The molecule has 104 valence electrons. The van der Waals surface area contributed by atoms with Gasteiger partial charge in [-0.3, -0.25) is 9.59 Å². The van der Waals surface area contributed by atoms with Crippen LogP contribution < -0.4 is 16.4 Å². The Labute approximate surface area is 113 Å². The van der Waals surface area contributed by atoms with Crippen molar-refractivity contribution < 1.29 is 9.59 Å². The molecule has 0 radical (unpaired) electrons. The SMILES string of the molecule is CC(C)(C)NC(=O)CCNC(=O)c1ccc(N)cc1. The van der Waals surface area contributed by atoms with Gasteiger partial charge in [-0.25, -0.2) is 0 Å². The van der Waals surface area contributed by atoms with E-state index in [4.69, 9.17) is 5.73 Å². The van der Waals surface area contributed by atoms with E-state index >= 15 is 0 Å². The van der Waals surface area contributed by atoms with Gasteiger partial charge in [-0.15, -0.1) is 0 Å². The summed E-state index contributed by atoms with van der Waals surface area (Å²) in [6.07, 6.45) is 0.262. The molecule has 5 heteroatoms. The lowest BCUT2D eigenvalue weighted by atomic mass is 10.1. The zero-order valence-electron chi connectivity index (χ0n) is 11.6. The molecule has 2 amide bonds. The maximum absolute atomic E-state index is 11.7. The fraction of sp³-hybridized carbons (Fsp3) is 0.429. The van der Waals surface area contributed by atoms with E-state index in [-0.39, 0.29) is 23.8 Å². The summed E-state index contributed by atoms with van der Waals surface area (Å²) in [5.41, 5.74) is 6.43. The Kier molecular flexibility index (Phi) is 4.92. The third-order valence-electron chi connectivity index (χ3n) is 2.32. The molecule has 0 bridgehead atoms. The van der Waals surface area contributed by atoms with Crippen LogP contribution in [-0.2, 0) is 4.79 Å². The largest absolute Gasteiger partial charge is 0.399 e. The molecular weight excluding hydrogens is 242 g/mol. The Balaban J connectivity index is 2.35. The highest BCUT2D eigenvalue weighted by Gasteiger charge is 2.13. The van der Waals surface area contributed by atoms with Gasteiger partial charge in [0.05, 0.1) is 0 Å². The number of benzene rings is 1. The third-order valence-corrected chi connectivity index (χ3v) is 2.32. The smallest absolute Gasteiger partial charge is 0.251 e. The highest BCUT2D eigenvalue weighted by molar-refractivity contribution is 5.94. The third kappa shape index (κ3) is 5.90. The second-order valence-corrected chi connectivity index (χ2v) is 5.43. The lowest BCUT2D eigenvalue weighted by molar-refractivity contribution is -0.122. The summed E-state index contributed by atoms with van der Waals surface area (Å²) >= 11 is 0. The average Bonchev–Trinajstić information content (AvgIpc) is 2.27. The molecule has 19 heavy (non-hydrogen) atoms. The first-order valence-corrected chi connectivity index (χ1v) is 6.23. The van der Waals surface area contributed by atoms with Gasteiger partial charge >= 0.3 is 0 Å². The number of nitrogens with two attached hydrogens (primary N) is 1. The molecule has 0 aromatic heterocycles. The molecule has 1 rings (SSSR count). The summed E-state index contributed by atoms with van der Waals surface area (Å²) < 4.78 is 0. The van der Waals surface area contributed by atoms with Crippen LogP contribution >= 0.6 is 0 Å². The summed E-state index contributed by atoms with van der Waals surface area (Å²) in [5, 5.41) is 5.53. The molecule has 0 aliphatic carbocycles. The minimum Gasteiger partial charge on any atom is -0.399 e. The average molecular weight is 263 g/mol. The predicted molar refractivity (Wildman–Crippen MR) is 75.7 cm³/mol. The Morgan fingerprint density at radius 1 is 1.16 bits per heavy atom. The van der Waals surface area contributed by atoms with Crippen LogP contribution in [0.5, 0.6) is 0 Å². The van der Waals surface area contributed by atoms with E-state index in [1.54, 1.807) is 24.3 Å². The monoisotopic (exact) mass is 263 g/mol. The summed E-state index contributed by atoms with van der Waals surface area (Å²) in [6, 6.07) is 6.64. The minimum absolute atomic E-state index is 0.0786. The molecule has 0 aliphatic rings. The number of nitrogens with one attached hydrogen (secondary N) is 2. The van der Waals surface area contributed by atoms with E-state index in [1.165, 1.54) is 0 Å². The van der Waals surface area contributed by atoms with Crippen molar-refractivity contribution in [3.05, 3.63) is 29.8 Å². The van der Waals surface area contributed by atoms with Crippen molar-refractivity contribution in [1.82, 2.24) is 10.6 Å². The number of hydrogen-bond acceptors (Lipinski definition) is 3. The van der Waals surface area contributed by atoms with Gasteiger partial charge in [-0.1, -0.05) is 0 Å². The van der Waals surface area contributed by atoms with Crippen molar-refractivity contribution in [2.75, 3.05) is 12.3 Å². The fourth-order valence-corrected chi connectivity index (χ4v) is 1.51. The van der Waals surface area contributed by atoms with E-state index in [1.807, 2.05) is 20.8 Å². The van der Waals surface area contributed by atoms with E-state index in [2.05, 4.69) is 10.6 Å². The normalized spacial score (nSPS) is 10.9. The number of rotatable bonds is 4.